The van der Waals surface area contributed by atoms with Gasteiger partial charge in [0.2, 0.25) is 0 Å². The highest BCUT2D eigenvalue weighted by Crippen LogP contribution is 2.45. The molecule has 380 valence electrons. The highest BCUT2D eigenvalue weighted by atomic mass is 15.2. The third kappa shape index (κ3) is 9.94. The van der Waals surface area contributed by atoms with Crippen LogP contribution < -0.4 is 9.80 Å². The fourth-order valence-electron chi connectivity index (χ4n) is 11.5. The molecule has 0 amide bonds. The third-order valence-electron chi connectivity index (χ3n) is 16.1. The number of nitrogens with zero attached hydrogens (tertiary/aromatic N) is 4. The standard InChI is InChI=1S/C74H64N4/c1-52-49-66(45-31-54(52)38-48-72-74(4,5)68-47-37-60(51-70(68)76-72)56-22-12-7-13-23-56)78(62-26-16-9-17-27-62)65-43-34-58(35-44-65)57-32-41-64(42-33-57)77(61-24-14-8-15-25-61)63-39-29-53(30-40-63)19-18-28-71-73(2,3)67-46-36-59(50-69(67)75-71)55-20-10-6-11-21-55/h6-27,29-48,50-52H,28,49H2,1-5H3/b19-18+,48-38+. The third-order valence-corrected chi connectivity index (χ3v) is 16.1. The maximum Gasteiger partial charge on any atom is 0.0680 e. The quantitative estimate of drug-likeness (QED) is 0.109. The fraction of sp³-hybridized carbons (Fsp3) is 0.135. The lowest BCUT2D eigenvalue weighted by Crippen LogP contribution is -2.24. The molecule has 0 radical (unpaired) electrons. The number of aliphatic imine (C=N–C) groups is 2. The molecule has 2 aliphatic heterocycles. The Labute approximate surface area is 461 Å². The van der Waals surface area contributed by atoms with Gasteiger partial charge in [-0.1, -0.05) is 217 Å². The van der Waals surface area contributed by atoms with Crippen LogP contribution >= 0.6 is 0 Å². The average Bonchev–Trinajstić information content (AvgIpc) is 4.03. The lowest BCUT2D eigenvalue weighted by Gasteiger charge is -2.32. The Balaban J connectivity index is 0.746. The van der Waals surface area contributed by atoms with Crippen LogP contribution in [0, 0.1) is 5.92 Å². The number of hydrogen-bond acceptors (Lipinski definition) is 4. The Morgan fingerprint density at radius 3 is 1.40 bits per heavy atom. The van der Waals surface area contributed by atoms with Crippen molar-refractivity contribution in [2.75, 3.05) is 9.80 Å². The van der Waals surface area contributed by atoms with Gasteiger partial charge in [0.05, 0.1) is 17.1 Å². The Hall–Kier alpha value is -9.12. The largest absolute Gasteiger partial charge is 0.314 e. The lowest BCUT2D eigenvalue weighted by molar-refractivity contribution is 0.668. The van der Waals surface area contributed by atoms with Gasteiger partial charge in [-0.05, 0) is 153 Å². The second kappa shape index (κ2) is 21.1. The summed E-state index contributed by atoms with van der Waals surface area (Å²) in [4.78, 5) is 15.1. The van der Waals surface area contributed by atoms with E-state index in [2.05, 4.69) is 311 Å². The molecule has 12 rings (SSSR count). The predicted octanol–water partition coefficient (Wildman–Crippen LogP) is 20.2. The summed E-state index contributed by atoms with van der Waals surface area (Å²) in [5.41, 5.74) is 23.2. The van der Waals surface area contributed by atoms with Crippen LogP contribution in [0.3, 0.4) is 0 Å². The van der Waals surface area contributed by atoms with Crippen LogP contribution in [0.5, 0.6) is 0 Å². The fourth-order valence-corrected chi connectivity index (χ4v) is 11.5. The van der Waals surface area contributed by atoms with Gasteiger partial charge >= 0.3 is 0 Å². The molecular formula is C74H64N4. The maximum atomic E-state index is 5.19. The number of allylic oxidation sites excluding steroid dienone is 7. The van der Waals surface area contributed by atoms with Crippen molar-refractivity contribution < 1.29 is 0 Å². The molecule has 9 aromatic carbocycles. The van der Waals surface area contributed by atoms with Crippen LogP contribution in [0.2, 0.25) is 0 Å². The average molecular weight is 1010 g/mol. The summed E-state index contributed by atoms with van der Waals surface area (Å²) in [6.07, 6.45) is 15.3. The molecule has 9 aromatic rings. The van der Waals surface area contributed by atoms with Crippen LogP contribution in [-0.2, 0) is 10.8 Å². The van der Waals surface area contributed by atoms with Crippen LogP contribution in [0.15, 0.2) is 282 Å². The molecule has 3 aliphatic rings. The Bertz CT molecular complexity index is 3800. The zero-order chi connectivity index (χ0) is 53.2. The van der Waals surface area contributed by atoms with E-state index in [-0.39, 0.29) is 10.8 Å². The van der Waals surface area contributed by atoms with Crippen molar-refractivity contribution in [1.29, 1.82) is 0 Å². The summed E-state index contributed by atoms with van der Waals surface area (Å²) in [6.45, 7) is 11.5. The topological polar surface area (TPSA) is 31.2 Å². The van der Waals surface area contributed by atoms with E-state index in [4.69, 9.17) is 9.98 Å². The molecule has 1 unspecified atom stereocenters. The van der Waals surface area contributed by atoms with Crippen LogP contribution in [0.25, 0.3) is 39.5 Å². The van der Waals surface area contributed by atoms with E-state index in [9.17, 15) is 0 Å². The van der Waals surface area contributed by atoms with Crippen molar-refractivity contribution in [3.8, 4) is 33.4 Å². The zero-order valence-electron chi connectivity index (χ0n) is 45.2. The number of rotatable bonds is 14. The number of fused-ring (bicyclic) bond motifs is 2. The highest BCUT2D eigenvalue weighted by Gasteiger charge is 2.35. The van der Waals surface area contributed by atoms with Gasteiger partial charge in [-0.2, -0.15) is 0 Å². The predicted molar refractivity (Wildman–Crippen MR) is 332 cm³/mol. The minimum absolute atomic E-state index is 0.125. The summed E-state index contributed by atoms with van der Waals surface area (Å²) < 4.78 is 0. The van der Waals surface area contributed by atoms with E-state index in [1.165, 1.54) is 61.5 Å². The molecule has 0 saturated carbocycles. The first-order chi connectivity index (χ1) is 38.1. The number of hydrogen-bond donors (Lipinski definition) is 0. The SMILES string of the molecule is CC1CC(N(c2ccccc2)c2ccc(-c3ccc(N(c4ccccc4)c4ccc(/C=C/CC5=Nc6cc(-c7ccccc7)ccc6C5(C)C)cc4)cc3)cc2)=CC=C1/C=C/C1=Nc2cc(-c3ccccc3)ccc2C1(C)C. The zero-order valence-corrected chi connectivity index (χ0v) is 45.2. The minimum atomic E-state index is -0.179. The van der Waals surface area contributed by atoms with Gasteiger partial charge in [0.25, 0.3) is 0 Å². The van der Waals surface area contributed by atoms with Crippen molar-refractivity contribution in [2.24, 2.45) is 15.9 Å². The Morgan fingerprint density at radius 2 is 0.859 bits per heavy atom. The smallest absolute Gasteiger partial charge is 0.0680 e. The van der Waals surface area contributed by atoms with Gasteiger partial charge in [0.1, 0.15) is 0 Å². The normalized spacial score (nSPS) is 16.0. The summed E-state index contributed by atoms with van der Waals surface area (Å²) in [5.74, 6) is 0.317. The second-order valence-electron chi connectivity index (χ2n) is 21.9. The highest BCUT2D eigenvalue weighted by molar-refractivity contribution is 6.09. The summed E-state index contributed by atoms with van der Waals surface area (Å²) in [7, 11) is 0. The van der Waals surface area contributed by atoms with E-state index in [0.717, 1.165) is 63.9 Å². The number of anilines is 5. The molecule has 0 bridgehead atoms. The van der Waals surface area contributed by atoms with Gasteiger partial charge < -0.3 is 9.80 Å². The number of benzene rings is 9. The van der Waals surface area contributed by atoms with Crippen molar-refractivity contribution in [1.82, 2.24) is 0 Å². The van der Waals surface area contributed by atoms with Crippen molar-refractivity contribution in [2.45, 2.75) is 58.3 Å². The van der Waals surface area contributed by atoms with Gasteiger partial charge in [0, 0.05) is 57.1 Å². The molecule has 0 saturated heterocycles. The first kappa shape index (κ1) is 49.7. The van der Waals surface area contributed by atoms with E-state index in [1.54, 1.807) is 0 Å². The van der Waals surface area contributed by atoms with Crippen LogP contribution in [0.4, 0.5) is 39.8 Å². The molecule has 78 heavy (non-hydrogen) atoms. The Morgan fingerprint density at radius 1 is 0.423 bits per heavy atom. The van der Waals surface area contributed by atoms with Gasteiger partial charge in [-0.3, -0.25) is 9.98 Å². The molecule has 0 N–H and O–H groups in total. The second-order valence-corrected chi connectivity index (χ2v) is 21.9. The van der Waals surface area contributed by atoms with Gasteiger partial charge in [-0.15, -0.1) is 0 Å². The van der Waals surface area contributed by atoms with Crippen LogP contribution in [0.1, 0.15) is 64.2 Å². The summed E-state index contributed by atoms with van der Waals surface area (Å²) in [5, 5.41) is 0. The molecule has 0 fully saturated rings. The van der Waals surface area contributed by atoms with E-state index >= 15 is 0 Å². The van der Waals surface area contributed by atoms with Crippen molar-refractivity contribution in [3.05, 3.63) is 289 Å². The number of para-hydroxylation sites is 2. The molecular weight excluding hydrogens is 945 g/mol. The van der Waals surface area contributed by atoms with Gasteiger partial charge in [0.15, 0.2) is 0 Å². The van der Waals surface area contributed by atoms with E-state index in [1.807, 2.05) is 0 Å². The van der Waals surface area contributed by atoms with Crippen molar-refractivity contribution >= 4 is 57.3 Å². The monoisotopic (exact) mass is 1010 g/mol. The van der Waals surface area contributed by atoms with E-state index in [0.29, 0.717) is 5.92 Å². The molecule has 2 heterocycles. The lowest BCUT2D eigenvalue weighted by atomic mass is 9.80. The Kier molecular flexibility index (Phi) is 13.5. The van der Waals surface area contributed by atoms with E-state index < -0.39 is 0 Å². The molecule has 4 heteroatoms. The summed E-state index contributed by atoms with van der Waals surface area (Å²) in [6, 6.07) is 82.8. The van der Waals surface area contributed by atoms with Crippen LogP contribution in [-0.4, -0.2) is 11.4 Å². The minimum Gasteiger partial charge on any atom is -0.314 e. The molecule has 1 aliphatic carbocycles. The maximum absolute atomic E-state index is 5.19. The first-order valence-corrected chi connectivity index (χ1v) is 27.4. The molecule has 0 aromatic heterocycles. The first-order valence-electron chi connectivity index (χ1n) is 27.4. The molecule has 1 atom stereocenters. The molecule has 4 nitrogen and oxygen atoms in total. The molecule has 0 spiro atoms. The summed E-state index contributed by atoms with van der Waals surface area (Å²) >= 11 is 0. The van der Waals surface area contributed by atoms with Gasteiger partial charge in [-0.25, -0.2) is 0 Å². The van der Waals surface area contributed by atoms with Crippen molar-refractivity contribution in [3.63, 3.8) is 0 Å².